The first-order valence-electron chi connectivity index (χ1n) is 6.67. The zero-order chi connectivity index (χ0) is 15.2. The summed E-state index contributed by atoms with van der Waals surface area (Å²) in [7, 11) is 0. The van der Waals surface area contributed by atoms with Crippen molar-refractivity contribution in [3.05, 3.63) is 40.1 Å². The number of rotatable bonds is 6. The molecule has 1 aromatic heterocycles. The Balaban J connectivity index is 1.82. The molecule has 0 aliphatic rings. The highest BCUT2D eigenvalue weighted by atomic mass is 79.9. The standard InChI is InChI=1S/C14H17BrN4OS/c1-3-12-17-14(19-18-12)21-8-13(20)16-9(2)10-4-6-11(15)7-5-10/h4-7,9H,3,8H2,1-2H3,(H,16,20)(H,17,18,19). The maximum absolute atomic E-state index is 11.9. The minimum absolute atomic E-state index is 0.0236. The van der Waals surface area contributed by atoms with Gasteiger partial charge in [-0.2, -0.15) is 0 Å². The third-order valence-corrected chi connectivity index (χ3v) is 4.30. The van der Waals surface area contributed by atoms with Crippen molar-refractivity contribution in [3.63, 3.8) is 0 Å². The van der Waals surface area contributed by atoms with E-state index in [1.165, 1.54) is 11.8 Å². The lowest BCUT2D eigenvalue weighted by atomic mass is 10.1. The second kappa shape index (κ2) is 7.61. The first kappa shape index (κ1) is 16.0. The molecule has 112 valence electrons. The van der Waals surface area contributed by atoms with E-state index in [9.17, 15) is 4.79 Å². The number of benzene rings is 1. The SMILES string of the molecule is CCc1nc(SCC(=O)NC(C)c2ccc(Br)cc2)n[nH]1. The number of carbonyl (C=O) groups excluding carboxylic acids is 1. The van der Waals surface area contributed by atoms with E-state index < -0.39 is 0 Å². The Morgan fingerprint density at radius 2 is 2.14 bits per heavy atom. The molecule has 0 radical (unpaired) electrons. The van der Waals surface area contributed by atoms with Crippen LogP contribution in [0.1, 0.15) is 31.3 Å². The number of hydrogen-bond acceptors (Lipinski definition) is 4. The zero-order valence-corrected chi connectivity index (χ0v) is 14.3. The Hall–Kier alpha value is -1.34. The average molecular weight is 369 g/mol. The van der Waals surface area contributed by atoms with Gasteiger partial charge in [0.15, 0.2) is 0 Å². The number of hydrogen-bond donors (Lipinski definition) is 2. The molecule has 2 aromatic rings. The summed E-state index contributed by atoms with van der Waals surface area (Å²) in [6, 6.07) is 7.89. The summed E-state index contributed by atoms with van der Waals surface area (Å²) in [4.78, 5) is 16.2. The van der Waals surface area contributed by atoms with Crippen molar-refractivity contribution in [1.82, 2.24) is 20.5 Å². The molecule has 0 saturated carbocycles. The number of nitrogens with one attached hydrogen (secondary N) is 2. The second-order valence-corrected chi connectivity index (χ2v) is 6.41. The van der Waals surface area contributed by atoms with E-state index in [1.54, 1.807) is 0 Å². The number of aryl methyl sites for hydroxylation is 1. The maximum Gasteiger partial charge on any atom is 0.230 e. The molecule has 0 aliphatic heterocycles. The lowest BCUT2D eigenvalue weighted by Gasteiger charge is -2.14. The molecule has 0 spiro atoms. The normalized spacial score (nSPS) is 12.1. The average Bonchev–Trinajstić information content (AvgIpc) is 2.94. The fourth-order valence-electron chi connectivity index (χ4n) is 1.75. The van der Waals surface area contributed by atoms with Crippen LogP contribution in [-0.2, 0) is 11.2 Å². The molecule has 1 amide bonds. The highest BCUT2D eigenvalue weighted by Gasteiger charge is 2.11. The van der Waals surface area contributed by atoms with Gasteiger partial charge in [0, 0.05) is 10.9 Å². The first-order valence-corrected chi connectivity index (χ1v) is 8.45. The van der Waals surface area contributed by atoms with Crippen LogP contribution >= 0.6 is 27.7 Å². The van der Waals surface area contributed by atoms with E-state index in [0.29, 0.717) is 10.9 Å². The summed E-state index contributed by atoms with van der Waals surface area (Å²) in [5.74, 6) is 1.11. The monoisotopic (exact) mass is 368 g/mol. The van der Waals surface area contributed by atoms with Crippen LogP contribution in [0.4, 0.5) is 0 Å². The molecule has 21 heavy (non-hydrogen) atoms. The molecular weight excluding hydrogens is 352 g/mol. The van der Waals surface area contributed by atoms with Gasteiger partial charge < -0.3 is 5.32 Å². The van der Waals surface area contributed by atoms with Crippen molar-refractivity contribution < 1.29 is 4.79 Å². The lowest BCUT2D eigenvalue weighted by Crippen LogP contribution is -2.28. The Morgan fingerprint density at radius 1 is 1.43 bits per heavy atom. The Labute approximate surface area is 136 Å². The summed E-state index contributed by atoms with van der Waals surface area (Å²) in [5.41, 5.74) is 1.07. The van der Waals surface area contributed by atoms with Crippen LogP contribution in [0, 0.1) is 0 Å². The van der Waals surface area contributed by atoms with Gasteiger partial charge in [-0.1, -0.05) is 46.7 Å². The molecule has 5 nitrogen and oxygen atoms in total. The van der Waals surface area contributed by atoms with Gasteiger partial charge in [-0.25, -0.2) is 4.98 Å². The smallest absolute Gasteiger partial charge is 0.230 e. The molecule has 1 aromatic carbocycles. The van der Waals surface area contributed by atoms with Crippen molar-refractivity contribution >= 4 is 33.6 Å². The topological polar surface area (TPSA) is 70.7 Å². The molecule has 1 heterocycles. The third kappa shape index (κ3) is 4.86. The van der Waals surface area contributed by atoms with Crippen LogP contribution in [0.2, 0.25) is 0 Å². The minimum Gasteiger partial charge on any atom is -0.349 e. The third-order valence-electron chi connectivity index (χ3n) is 2.93. The summed E-state index contributed by atoms with van der Waals surface area (Å²) >= 11 is 4.73. The number of aromatic amines is 1. The van der Waals surface area contributed by atoms with Crippen LogP contribution in [0.5, 0.6) is 0 Å². The predicted octanol–water partition coefficient (Wildman–Crippen LogP) is 3.10. The Kier molecular flexibility index (Phi) is 5.81. The van der Waals surface area contributed by atoms with E-state index in [1.807, 2.05) is 38.1 Å². The molecule has 0 aliphatic carbocycles. The molecule has 1 atom stereocenters. The van der Waals surface area contributed by atoms with Gasteiger partial charge in [0.1, 0.15) is 5.82 Å². The van der Waals surface area contributed by atoms with Crippen molar-refractivity contribution in [2.75, 3.05) is 5.75 Å². The van der Waals surface area contributed by atoms with Gasteiger partial charge in [0.25, 0.3) is 0 Å². The summed E-state index contributed by atoms with van der Waals surface area (Å²) in [6.07, 6.45) is 0.806. The van der Waals surface area contributed by atoms with Crippen molar-refractivity contribution in [3.8, 4) is 0 Å². The fraction of sp³-hybridized carbons (Fsp3) is 0.357. The van der Waals surface area contributed by atoms with E-state index in [4.69, 9.17) is 0 Å². The van der Waals surface area contributed by atoms with E-state index in [0.717, 1.165) is 22.3 Å². The fourth-order valence-corrected chi connectivity index (χ4v) is 2.64. The number of amides is 1. The van der Waals surface area contributed by atoms with Crippen molar-refractivity contribution in [1.29, 1.82) is 0 Å². The van der Waals surface area contributed by atoms with Crippen molar-refractivity contribution in [2.24, 2.45) is 0 Å². The zero-order valence-electron chi connectivity index (χ0n) is 11.9. The molecular formula is C14H17BrN4OS. The van der Waals surface area contributed by atoms with Crippen LogP contribution < -0.4 is 5.32 Å². The Morgan fingerprint density at radius 3 is 2.76 bits per heavy atom. The summed E-state index contributed by atoms with van der Waals surface area (Å²) in [6.45, 7) is 3.97. The van der Waals surface area contributed by atoms with E-state index in [2.05, 4.69) is 36.4 Å². The number of nitrogens with zero attached hydrogens (tertiary/aromatic N) is 2. The largest absolute Gasteiger partial charge is 0.349 e. The maximum atomic E-state index is 11.9. The van der Waals surface area contributed by atoms with Gasteiger partial charge in [0.05, 0.1) is 11.8 Å². The second-order valence-electron chi connectivity index (χ2n) is 4.55. The summed E-state index contributed by atoms with van der Waals surface area (Å²) in [5, 5.41) is 10.5. The molecule has 2 N–H and O–H groups in total. The molecule has 7 heteroatoms. The minimum atomic E-state index is -0.0294. The first-order chi connectivity index (χ1) is 10.1. The number of aromatic nitrogens is 3. The van der Waals surface area contributed by atoms with Crippen LogP contribution in [-0.4, -0.2) is 26.8 Å². The van der Waals surface area contributed by atoms with Crippen LogP contribution in [0.25, 0.3) is 0 Å². The molecule has 0 saturated heterocycles. The van der Waals surface area contributed by atoms with Gasteiger partial charge >= 0.3 is 0 Å². The number of H-pyrrole nitrogens is 1. The Bertz CT molecular complexity index is 599. The highest BCUT2D eigenvalue weighted by Crippen LogP contribution is 2.17. The molecule has 0 bridgehead atoms. The van der Waals surface area contributed by atoms with Gasteiger partial charge in [-0.3, -0.25) is 9.89 Å². The van der Waals surface area contributed by atoms with E-state index in [-0.39, 0.29) is 11.9 Å². The van der Waals surface area contributed by atoms with E-state index >= 15 is 0 Å². The molecule has 2 rings (SSSR count). The lowest BCUT2D eigenvalue weighted by molar-refractivity contribution is -0.119. The number of carbonyl (C=O) groups is 1. The summed E-state index contributed by atoms with van der Waals surface area (Å²) < 4.78 is 1.02. The van der Waals surface area contributed by atoms with Crippen LogP contribution in [0.15, 0.2) is 33.9 Å². The van der Waals surface area contributed by atoms with Gasteiger partial charge in [-0.15, -0.1) is 5.10 Å². The van der Waals surface area contributed by atoms with Crippen molar-refractivity contribution in [2.45, 2.75) is 31.5 Å². The molecule has 0 fully saturated rings. The molecule has 1 unspecified atom stereocenters. The predicted molar refractivity (Wildman–Crippen MR) is 87.2 cm³/mol. The van der Waals surface area contributed by atoms with Gasteiger partial charge in [-0.05, 0) is 24.6 Å². The number of halogens is 1. The van der Waals surface area contributed by atoms with Crippen LogP contribution in [0.3, 0.4) is 0 Å². The quantitative estimate of drug-likeness (QED) is 0.768. The number of thioether (sulfide) groups is 1. The van der Waals surface area contributed by atoms with Gasteiger partial charge in [0.2, 0.25) is 11.1 Å². The highest BCUT2D eigenvalue weighted by molar-refractivity contribution is 9.10.